The van der Waals surface area contributed by atoms with Gasteiger partial charge in [0.05, 0.1) is 5.52 Å². The third kappa shape index (κ3) is 2.53. The van der Waals surface area contributed by atoms with E-state index in [4.69, 9.17) is 0 Å². The SMILES string of the molecule is CCNC(=O)Nc1nc2ccccc2cc1C. The predicted molar refractivity (Wildman–Crippen MR) is 69.2 cm³/mol. The third-order valence-electron chi connectivity index (χ3n) is 2.48. The van der Waals surface area contributed by atoms with Gasteiger partial charge in [0.25, 0.3) is 0 Å². The highest BCUT2D eigenvalue weighted by molar-refractivity contribution is 5.91. The van der Waals surface area contributed by atoms with E-state index >= 15 is 0 Å². The maximum Gasteiger partial charge on any atom is 0.320 e. The van der Waals surface area contributed by atoms with Crippen LogP contribution in [-0.4, -0.2) is 17.6 Å². The highest BCUT2D eigenvalue weighted by atomic mass is 16.2. The maximum atomic E-state index is 11.4. The van der Waals surface area contributed by atoms with E-state index in [1.165, 1.54) is 0 Å². The molecule has 1 aromatic carbocycles. The quantitative estimate of drug-likeness (QED) is 0.831. The van der Waals surface area contributed by atoms with Crippen molar-refractivity contribution in [3.05, 3.63) is 35.9 Å². The Morgan fingerprint density at radius 3 is 2.88 bits per heavy atom. The summed E-state index contributed by atoms with van der Waals surface area (Å²) in [7, 11) is 0. The molecule has 0 saturated carbocycles. The van der Waals surface area contributed by atoms with Crippen molar-refractivity contribution in [2.24, 2.45) is 0 Å². The molecule has 0 aliphatic carbocycles. The average Bonchev–Trinajstić information content (AvgIpc) is 2.30. The molecule has 88 valence electrons. The number of hydrogen-bond acceptors (Lipinski definition) is 2. The normalized spacial score (nSPS) is 10.2. The Morgan fingerprint density at radius 1 is 1.35 bits per heavy atom. The van der Waals surface area contributed by atoms with Crippen molar-refractivity contribution in [2.75, 3.05) is 11.9 Å². The fourth-order valence-corrected chi connectivity index (χ4v) is 1.66. The van der Waals surface area contributed by atoms with Crippen molar-refractivity contribution >= 4 is 22.8 Å². The highest BCUT2D eigenvalue weighted by Gasteiger charge is 2.06. The topological polar surface area (TPSA) is 54.0 Å². The molecule has 0 bridgehead atoms. The summed E-state index contributed by atoms with van der Waals surface area (Å²) in [5.41, 5.74) is 1.83. The monoisotopic (exact) mass is 229 g/mol. The average molecular weight is 229 g/mol. The molecule has 0 saturated heterocycles. The molecule has 1 heterocycles. The zero-order valence-electron chi connectivity index (χ0n) is 9.95. The number of aromatic nitrogens is 1. The van der Waals surface area contributed by atoms with Gasteiger partial charge in [0.2, 0.25) is 0 Å². The number of fused-ring (bicyclic) bond motifs is 1. The van der Waals surface area contributed by atoms with Crippen LogP contribution in [-0.2, 0) is 0 Å². The van der Waals surface area contributed by atoms with E-state index in [9.17, 15) is 4.79 Å². The number of aryl methyl sites for hydroxylation is 1. The number of hydrogen-bond donors (Lipinski definition) is 2. The Morgan fingerprint density at radius 2 is 2.12 bits per heavy atom. The second-order valence-electron chi connectivity index (χ2n) is 3.83. The lowest BCUT2D eigenvalue weighted by Gasteiger charge is -2.09. The van der Waals surface area contributed by atoms with E-state index in [0.717, 1.165) is 16.5 Å². The molecule has 0 radical (unpaired) electrons. The van der Waals surface area contributed by atoms with Gasteiger partial charge >= 0.3 is 6.03 Å². The lowest BCUT2D eigenvalue weighted by Crippen LogP contribution is -2.28. The molecule has 0 aliphatic heterocycles. The van der Waals surface area contributed by atoms with Gasteiger partial charge in [-0.05, 0) is 31.5 Å². The summed E-state index contributed by atoms with van der Waals surface area (Å²) >= 11 is 0. The summed E-state index contributed by atoms with van der Waals surface area (Å²) in [6.07, 6.45) is 0. The number of amides is 2. The summed E-state index contributed by atoms with van der Waals surface area (Å²) in [4.78, 5) is 15.9. The van der Waals surface area contributed by atoms with Gasteiger partial charge in [0, 0.05) is 11.9 Å². The molecule has 0 unspecified atom stereocenters. The number of urea groups is 1. The van der Waals surface area contributed by atoms with E-state index in [0.29, 0.717) is 12.4 Å². The van der Waals surface area contributed by atoms with Gasteiger partial charge in [0.15, 0.2) is 0 Å². The van der Waals surface area contributed by atoms with Gasteiger partial charge in [0.1, 0.15) is 5.82 Å². The molecule has 1 aromatic heterocycles. The number of nitrogens with zero attached hydrogens (tertiary/aromatic N) is 1. The Labute approximate surface area is 100 Å². The van der Waals surface area contributed by atoms with Crippen LogP contribution in [0.3, 0.4) is 0 Å². The van der Waals surface area contributed by atoms with Crippen molar-refractivity contribution in [2.45, 2.75) is 13.8 Å². The van der Waals surface area contributed by atoms with E-state index in [1.807, 2.05) is 44.2 Å². The zero-order chi connectivity index (χ0) is 12.3. The Bertz CT molecular complexity index is 551. The number of carbonyl (C=O) groups is 1. The number of nitrogens with one attached hydrogen (secondary N) is 2. The second-order valence-corrected chi connectivity index (χ2v) is 3.83. The highest BCUT2D eigenvalue weighted by Crippen LogP contribution is 2.19. The molecule has 0 fully saturated rings. The van der Waals surface area contributed by atoms with Crippen molar-refractivity contribution < 1.29 is 4.79 Å². The van der Waals surface area contributed by atoms with Crippen molar-refractivity contribution in [3.8, 4) is 0 Å². The maximum absolute atomic E-state index is 11.4. The fraction of sp³-hybridized carbons (Fsp3) is 0.231. The largest absolute Gasteiger partial charge is 0.338 e. The van der Waals surface area contributed by atoms with Crippen LogP contribution in [0.1, 0.15) is 12.5 Å². The Hall–Kier alpha value is -2.10. The van der Waals surface area contributed by atoms with Crippen LogP contribution in [0.5, 0.6) is 0 Å². The minimum Gasteiger partial charge on any atom is -0.338 e. The van der Waals surface area contributed by atoms with Crippen LogP contribution in [0, 0.1) is 6.92 Å². The van der Waals surface area contributed by atoms with Crippen LogP contribution in [0.15, 0.2) is 30.3 Å². The van der Waals surface area contributed by atoms with Gasteiger partial charge < -0.3 is 5.32 Å². The minimum absolute atomic E-state index is 0.224. The molecule has 4 heteroatoms. The molecule has 17 heavy (non-hydrogen) atoms. The van der Waals surface area contributed by atoms with Gasteiger partial charge in [-0.25, -0.2) is 9.78 Å². The molecule has 2 N–H and O–H groups in total. The fourth-order valence-electron chi connectivity index (χ4n) is 1.66. The summed E-state index contributed by atoms with van der Waals surface area (Å²) < 4.78 is 0. The van der Waals surface area contributed by atoms with Gasteiger partial charge in [-0.3, -0.25) is 5.32 Å². The molecule has 0 spiro atoms. The van der Waals surface area contributed by atoms with E-state index in [2.05, 4.69) is 15.6 Å². The van der Waals surface area contributed by atoms with E-state index in [-0.39, 0.29) is 6.03 Å². The number of benzene rings is 1. The minimum atomic E-state index is -0.224. The number of anilines is 1. The van der Waals surface area contributed by atoms with Gasteiger partial charge in [-0.2, -0.15) is 0 Å². The van der Waals surface area contributed by atoms with Crippen LogP contribution in [0.2, 0.25) is 0 Å². The molecule has 2 rings (SSSR count). The predicted octanol–water partition coefficient (Wildman–Crippen LogP) is 2.68. The lowest BCUT2D eigenvalue weighted by molar-refractivity contribution is 0.252. The molecule has 0 aliphatic rings. The molecular formula is C13H15N3O. The lowest BCUT2D eigenvalue weighted by atomic mass is 10.1. The first-order valence-electron chi connectivity index (χ1n) is 5.62. The summed E-state index contributed by atoms with van der Waals surface area (Å²) in [5, 5.41) is 6.50. The summed E-state index contributed by atoms with van der Waals surface area (Å²) in [6, 6.07) is 9.63. The molecule has 2 aromatic rings. The van der Waals surface area contributed by atoms with Gasteiger partial charge in [-0.1, -0.05) is 18.2 Å². The third-order valence-corrected chi connectivity index (χ3v) is 2.48. The standard InChI is InChI=1S/C13H15N3O/c1-3-14-13(17)16-12-9(2)8-10-6-4-5-7-11(10)15-12/h4-8H,3H2,1-2H3,(H2,14,15,16,17). The van der Waals surface area contributed by atoms with Crippen LogP contribution >= 0.6 is 0 Å². The summed E-state index contributed by atoms with van der Waals surface area (Å²) in [6.45, 7) is 4.40. The van der Waals surface area contributed by atoms with Crippen LogP contribution in [0.4, 0.5) is 10.6 Å². The first-order valence-corrected chi connectivity index (χ1v) is 5.62. The van der Waals surface area contributed by atoms with E-state index in [1.54, 1.807) is 0 Å². The van der Waals surface area contributed by atoms with Crippen molar-refractivity contribution in [1.82, 2.24) is 10.3 Å². The second kappa shape index (κ2) is 4.82. The zero-order valence-corrected chi connectivity index (χ0v) is 9.95. The van der Waals surface area contributed by atoms with Crippen LogP contribution in [0.25, 0.3) is 10.9 Å². The van der Waals surface area contributed by atoms with Gasteiger partial charge in [-0.15, -0.1) is 0 Å². The number of para-hydroxylation sites is 1. The van der Waals surface area contributed by atoms with Crippen molar-refractivity contribution in [1.29, 1.82) is 0 Å². The van der Waals surface area contributed by atoms with Crippen LogP contribution < -0.4 is 10.6 Å². The molecular weight excluding hydrogens is 214 g/mol. The first kappa shape index (κ1) is 11.4. The number of pyridine rings is 1. The Kier molecular flexibility index (Phi) is 3.23. The summed E-state index contributed by atoms with van der Waals surface area (Å²) in [5.74, 6) is 0.606. The van der Waals surface area contributed by atoms with Crippen molar-refractivity contribution in [3.63, 3.8) is 0 Å². The number of carbonyl (C=O) groups excluding carboxylic acids is 1. The molecule has 2 amide bonds. The van der Waals surface area contributed by atoms with E-state index < -0.39 is 0 Å². The first-order chi connectivity index (χ1) is 8.20. The molecule has 4 nitrogen and oxygen atoms in total. The Balaban J connectivity index is 2.34. The molecule has 0 atom stereocenters. The number of rotatable bonds is 2. The smallest absolute Gasteiger partial charge is 0.320 e.